The summed E-state index contributed by atoms with van der Waals surface area (Å²) in [5.41, 5.74) is 0.304. The number of nitriles is 1. The highest BCUT2D eigenvalue weighted by atomic mass is 32.2. The normalized spacial score (nSPS) is 18.4. The molecule has 1 aliphatic carbocycles. The number of hydrogen-bond donors (Lipinski definition) is 2. The first-order valence-corrected chi connectivity index (χ1v) is 11.1. The van der Waals surface area contributed by atoms with E-state index in [4.69, 9.17) is 0 Å². The van der Waals surface area contributed by atoms with Gasteiger partial charge in [0.25, 0.3) is 11.5 Å². The topological polar surface area (TPSA) is 124 Å². The molecule has 1 fully saturated rings. The molecule has 168 valence electrons. The molecule has 1 aromatic carbocycles. The Morgan fingerprint density at radius 1 is 1.34 bits per heavy atom. The Balaban J connectivity index is 1.74. The van der Waals surface area contributed by atoms with E-state index in [2.05, 4.69) is 15.4 Å². The van der Waals surface area contributed by atoms with Gasteiger partial charge in [0, 0.05) is 32.4 Å². The van der Waals surface area contributed by atoms with Gasteiger partial charge < -0.3 is 10.3 Å². The number of aromatic nitrogens is 3. The first-order valence-electron chi connectivity index (χ1n) is 9.70. The van der Waals surface area contributed by atoms with Gasteiger partial charge in [-0.05, 0) is 30.3 Å². The lowest BCUT2D eigenvalue weighted by Gasteiger charge is -2.15. The molecule has 9 nitrogen and oxygen atoms in total. The van der Waals surface area contributed by atoms with Gasteiger partial charge in [0.1, 0.15) is 5.39 Å². The van der Waals surface area contributed by atoms with Crippen LogP contribution in [0.15, 0.2) is 46.2 Å². The first-order chi connectivity index (χ1) is 15.1. The van der Waals surface area contributed by atoms with E-state index in [1.54, 1.807) is 6.07 Å². The van der Waals surface area contributed by atoms with Crippen molar-refractivity contribution in [3.63, 3.8) is 0 Å². The summed E-state index contributed by atoms with van der Waals surface area (Å²) in [6.07, 6.45) is 0.872. The monoisotopic (exact) mass is 462 g/mol. The van der Waals surface area contributed by atoms with Gasteiger partial charge >= 0.3 is 0 Å². The Morgan fingerprint density at radius 3 is 2.56 bits per heavy atom. The largest absolute Gasteiger partial charge is 0.338 e. The molecule has 2 N–H and O–H groups in total. The van der Waals surface area contributed by atoms with Gasteiger partial charge in [-0.15, -0.1) is 0 Å². The van der Waals surface area contributed by atoms with Gasteiger partial charge in [-0.1, -0.05) is 0 Å². The molecule has 3 aromatic rings. The second-order valence-electron chi connectivity index (χ2n) is 7.80. The van der Waals surface area contributed by atoms with Crippen molar-refractivity contribution in [3.8, 4) is 6.07 Å². The molecule has 4 rings (SSSR count). The van der Waals surface area contributed by atoms with Crippen LogP contribution in [0.3, 0.4) is 0 Å². The van der Waals surface area contributed by atoms with Crippen LogP contribution < -0.4 is 10.9 Å². The van der Waals surface area contributed by atoms with Gasteiger partial charge in [0.15, 0.2) is 5.82 Å². The number of alkyl halides is 2. The second-order valence-corrected chi connectivity index (χ2v) is 9.95. The number of fused-ring (bicyclic) bond motifs is 1. The van der Waals surface area contributed by atoms with Crippen molar-refractivity contribution >= 4 is 32.4 Å². The standard InChI is InChI=1S/C20H20F2N6O3S/c1-27(2)32(30,31)13-5-3-12(4-6-13)25-18-17-16(8-10-24-19(17)29)28(26-18)15(7-9-23)14-11-20(14,21)22/h3-6,8,10,14-15H,7,11H2,1-2H3,(H,24,29)(H,25,26)/t14-,15?/m0/s1. The van der Waals surface area contributed by atoms with Crippen LogP contribution in [-0.2, 0) is 10.0 Å². The molecule has 32 heavy (non-hydrogen) atoms. The van der Waals surface area contributed by atoms with Crippen LogP contribution in [0.5, 0.6) is 0 Å². The molecule has 0 saturated heterocycles. The SMILES string of the molecule is CN(C)S(=O)(=O)c1ccc(Nc2nn(C(CC#N)[C@@H]3CC3(F)F)c3cc[nH]c(=O)c23)cc1. The van der Waals surface area contributed by atoms with Crippen molar-refractivity contribution in [1.82, 2.24) is 19.1 Å². The fourth-order valence-corrected chi connectivity index (χ4v) is 4.54. The minimum Gasteiger partial charge on any atom is -0.338 e. The van der Waals surface area contributed by atoms with Crippen LogP contribution >= 0.6 is 0 Å². The van der Waals surface area contributed by atoms with E-state index in [9.17, 15) is 27.3 Å². The summed E-state index contributed by atoms with van der Waals surface area (Å²) in [5, 5.41) is 16.7. The average Bonchev–Trinajstić information content (AvgIpc) is 3.21. The zero-order valence-electron chi connectivity index (χ0n) is 17.2. The van der Waals surface area contributed by atoms with E-state index in [0.29, 0.717) is 11.2 Å². The zero-order chi connectivity index (χ0) is 23.3. The van der Waals surface area contributed by atoms with Crippen LogP contribution in [0.4, 0.5) is 20.3 Å². The lowest BCUT2D eigenvalue weighted by atomic mass is 10.1. The molecule has 1 saturated carbocycles. The molecule has 1 unspecified atom stereocenters. The maximum Gasteiger partial charge on any atom is 0.261 e. The molecule has 12 heteroatoms. The number of sulfonamides is 1. The first kappa shape index (κ1) is 21.9. The molecule has 2 aromatic heterocycles. The third kappa shape index (κ3) is 3.74. The Bertz CT molecular complexity index is 1370. The van der Waals surface area contributed by atoms with E-state index < -0.39 is 33.5 Å². The molecule has 0 radical (unpaired) electrons. The molecule has 2 atom stereocenters. The maximum atomic E-state index is 13.8. The van der Waals surface area contributed by atoms with Crippen molar-refractivity contribution in [2.45, 2.75) is 29.7 Å². The summed E-state index contributed by atoms with van der Waals surface area (Å²) in [4.78, 5) is 15.1. The predicted octanol–water partition coefficient (Wildman–Crippen LogP) is 2.83. The number of halogens is 2. The fourth-order valence-electron chi connectivity index (χ4n) is 3.64. The average molecular weight is 462 g/mol. The number of hydrogen-bond acceptors (Lipinski definition) is 6. The summed E-state index contributed by atoms with van der Waals surface area (Å²) in [6, 6.07) is 8.44. The summed E-state index contributed by atoms with van der Waals surface area (Å²) < 4.78 is 54.5. The highest BCUT2D eigenvalue weighted by molar-refractivity contribution is 7.89. The third-order valence-corrected chi connectivity index (χ3v) is 7.31. The van der Waals surface area contributed by atoms with E-state index in [1.165, 1.54) is 49.2 Å². The summed E-state index contributed by atoms with van der Waals surface area (Å²) in [6.45, 7) is 0. The number of rotatable bonds is 7. The third-order valence-electron chi connectivity index (χ3n) is 5.48. The molecule has 1 aliphatic rings. The van der Waals surface area contributed by atoms with E-state index in [1.807, 2.05) is 6.07 Å². The summed E-state index contributed by atoms with van der Waals surface area (Å²) in [7, 11) is -0.757. The van der Waals surface area contributed by atoms with Gasteiger partial charge in [-0.3, -0.25) is 9.48 Å². The fraction of sp³-hybridized carbons (Fsp3) is 0.350. The highest BCUT2D eigenvalue weighted by Gasteiger charge is 2.61. The van der Waals surface area contributed by atoms with E-state index >= 15 is 0 Å². The molecule has 0 amide bonds. The molecule has 0 aliphatic heterocycles. The summed E-state index contributed by atoms with van der Waals surface area (Å²) in [5.74, 6) is -3.78. The van der Waals surface area contributed by atoms with Crippen molar-refractivity contribution in [1.29, 1.82) is 5.26 Å². The highest BCUT2D eigenvalue weighted by Crippen LogP contribution is 2.55. The quantitative estimate of drug-likeness (QED) is 0.557. The van der Waals surface area contributed by atoms with Crippen LogP contribution in [0, 0.1) is 17.2 Å². The van der Waals surface area contributed by atoms with Crippen LogP contribution in [0.2, 0.25) is 0 Å². The minimum atomic E-state index is -3.61. The Morgan fingerprint density at radius 2 is 2.00 bits per heavy atom. The zero-order valence-corrected chi connectivity index (χ0v) is 18.0. The number of H-pyrrole nitrogens is 1. The summed E-state index contributed by atoms with van der Waals surface area (Å²) >= 11 is 0. The minimum absolute atomic E-state index is 0.0892. The predicted molar refractivity (Wildman–Crippen MR) is 113 cm³/mol. The van der Waals surface area contributed by atoms with E-state index in [-0.39, 0.29) is 28.9 Å². The number of nitrogens with one attached hydrogen (secondary N) is 2. The van der Waals surface area contributed by atoms with Gasteiger partial charge in [0.2, 0.25) is 10.0 Å². The van der Waals surface area contributed by atoms with Crippen molar-refractivity contribution in [3.05, 3.63) is 46.9 Å². The molecule has 0 bridgehead atoms. The molecular formula is C20H20F2N6O3S. The molecular weight excluding hydrogens is 442 g/mol. The van der Waals surface area contributed by atoms with Crippen LogP contribution in [-0.4, -0.2) is 47.5 Å². The molecule has 2 heterocycles. The van der Waals surface area contributed by atoms with Crippen molar-refractivity contribution in [2.75, 3.05) is 19.4 Å². The Kier molecular flexibility index (Phi) is 5.26. The van der Waals surface area contributed by atoms with Gasteiger partial charge in [0.05, 0.1) is 34.9 Å². The lowest BCUT2D eigenvalue weighted by molar-refractivity contribution is 0.0853. The smallest absolute Gasteiger partial charge is 0.261 e. The van der Waals surface area contributed by atoms with Crippen LogP contribution in [0.1, 0.15) is 18.9 Å². The molecule has 0 spiro atoms. The Labute approximate surface area is 182 Å². The number of aromatic amines is 1. The van der Waals surface area contributed by atoms with Crippen molar-refractivity contribution in [2.24, 2.45) is 5.92 Å². The van der Waals surface area contributed by atoms with Crippen LogP contribution in [0.25, 0.3) is 10.9 Å². The van der Waals surface area contributed by atoms with E-state index in [0.717, 1.165) is 4.31 Å². The number of nitrogens with zero attached hydrogens (tertiary/aromatic N) is 4. The number of anilines is 2. The van der Waals surface area contributed by atoms with Crippen molar-refractivity contribution < 1.29 is 17.2 Å². The number of benzene rings is 1. The second kappa shape index (κ2) is 7.68. The number of pyridine rings is 1. The maximum absolute atomic E-state index is 13.8. The Hall–Kier alpha value is -3.30. The lowest BCUT2D eigenvalue weighted by Crippen LogP contribution is -2.22. The van der Waals surface area contributed by atoms with Gasteiger partial charge in [-0.2, -0.15) is 10.4 Å². The van der Waals surface area contributed by atoms with Gasteiger partial charge in [-0.25, -0.2) is 21.5 Å².